The van der Waals surface area contributed by atoms with Gasteiger partial charge in [0, 0.05) is 28.8 Å². The van der Waals surface area contributed by atoms with Gasteiger partial charge in [-0.2, -0.15) is 0 Å². The summed E-state index contributed by atoms with van der Waals surface area (Å²) in [5, 5.41) is 3.43. The molecule has 3 rings (SSSR count). The van der Waals surface area contributed by atoms with Gasteiger partial charge in [-0.15, -0.1) is 0 Å². The van der Waals surface area contributed by atoms with Gasteiger partial charge in [0.25, 0.3) is 0 Å². The minimum Gasteiger partial charge on any atom is -0.356 e. The lowest BCUT2D eigenvalue weighted by Gasteiger charge is -2.31. The second kappa shape index (κ2) is 7.69. The minimum atomic E-state index is 0.445. The predicted molar refractivity (Wildman–Crippen MR) is 105 cm³/mol. The first kappa shape index (κ1) is 16.1. The van der Waals surface area contributed by atoms with E-state index in [9.17, 15) is 0 Å². The first-order chi connectivity index (χ1) is 11.8. The van der Waals surface area contributed by atoms with Crippen LogP contribution in [-0.4, -0.2) is 6.04 Å². The molecule has 0 fully saturated rings. The van der Waals surface area contributed by atoms with Gasteiger partial charge in [0.05, 0.1) is 0 Å². The van der Waals surface area contributed by atoms with Crippen molar-refractivity contribution >= 4 is 22.7 Å². The molecular weight excluding hydrogens is 292 g/mol. The quantitative estimate of drug-likeness (QED) is 0.568. The summed E-state index contributed by atoms with van der Waals surface area (Å²) in [6, 6.07) is 29.9. The number of nitrogens with zero attached hydrogens (tertiary/aromatic N) is 1. The van der Waals surface area contributed by atoms with E-state index in [2.05, 4.69) is 90.8 Å². The Morgan fingerprint density at radius 2 is 1.21 bits per heavy atom. The van der Waals surface area contributed by atoms with Gasteiger partial charge in [0.1, 0.15) is 0 Å². The lowest BCUT2D eigenvalue weighted by Crippen LogP contribution is -2.27. The van der Waals surface area contributed by atoms with Crippen molar-refractivity contribution in [2.24, 2.45) is 0 Å². The first-order valence-electron chi connectivity index (χ1n) is 8.54. The van der Waals surface area contributed by atoms with Crippen LogP contribution in [0.5, 0.6) is 0 Å². The summed E-state index contributed by atoms with van der Waals surface area (Å²) < 4.78 is 0. The minimum absolute atomic E-state index is 0.445. The van der Waals surface area contributed by atoms with Crippen molar-refractivity contribution in [1.82, 2.24) is 0 Å². The molecule has 0 radical (unpaired) electrons. The maximum absolute atomic E-state index is 3.43. The number of hydrogen-bond acceptors (Lipinski definition) is 2. The third kappa shape index (κ3) is 3.77. The Morgan fingerprint density at radius 1 is 0.708 bits per heavy atom. The van der Waals surface area contributed by atoms with E-state index in [-0.39, 0.29) is 0 Å². The largest absolute Gasteiger partial charge is 0.356 e. The Balaban J connectivity index is 1.84. The molecule has 0 bridgehead atoms. The highest BCUT2D eigenvalue weighted by molar-refractivity contribution is 5.68. The first-order valence-corrected chi connectivity index (χ1v) is 8.54. The summed E-state index contributed by atoms with van der Waals surface area (Å²) >= 11 is 0. The van der Waals surface area contributed by atoms with Gasteiger partial charge in [0.15, 0.2) is 0 Å². The van der Waals surface area contributed by atoms with Gasteiger partial charge >= 0.3 is 0 Å². The second-order valence-electron chi connectivity index (χ2n) is 6.00. The molecule has 1 unspecified atom stereocenters. The molecule has 1 N–H and O–H groups in total. The van der Waals surface area contributed by atoms with Crippen LogP contribution in [0.15, 0.2) is 84.9 Å². The standard InChI is InChI=1S/C22H24N2/c1-3-18(2)24(21-12-8-5-9-13-21)22-16-14-20(15-17-22)23-19-10-6-4-7-11-19/h4-18,23H,3H2,1-2H3. The molecule has 0 spiro atoms. The van der Waals surface area contributed by atoms with Crippen molar-refractivity contribution in [2.45, 2.75) is 26.3 Å². The lowest BCUT2D eigenvalue weighted by molar-refractivity contribution is 0.688. The molecule has 2 heteroatoms. The van der Waals surface area contributed by atoms with Gasteiger partial charge in [-0.3, -0.25) is 0 Å². The van der Waals surface area contributed by atoms with Crippen LogP contribution in [-0.2, 0) is 0 Å². The fourth-order valence-electron chi connectivity index (χ4n) is 2.82. The van der Waals surface area contributed by atoms with Crippen molar-refractivity contribution in [3.05, 3.63) is 84.9 Å². The Morgan fingerprint density at radius 3 is 1.79 bits per heavy atom. The van der Waals surface area contributed by atoms with Crippen LogP contribution < -0.4 is 10.2 Å². The van der Waals surface area contributed by atoms with E-state index >= 15 is 0 Å². The number of para-hydroxylation sites is 2. The molecule has 122 valence electrons. The highest BCUT2D eigenvalue weighted by Gasteiger charge is 2.14. The van der Waals surface area contributed by atoms with Crippen molar-refractivity contribution in [1.29, 1.82) is 0 Å². The summed E-state index contributed by atoms with van der Waals surface area (Å²) in [5.74, 6) is 0. The van der Waals surface area contributed by atoms with Crippen LogP contribution in [0.3, 0.4) is 0 Å². The van der Waals surface area contributed by atoms with Gasteiger partial charge in [-0.1, -0.05) is 43.3 Å². The zero-order valence-corrected chi connectivity index (χ0v) is 14.3. The van der Waals surface area contributed by atoms with Crippen molar-refractivity contribution < 1.29 is 0 Å². The number of nitrogens with one attached hydrogen (secondary N) is 1. The molecule has 0 aliphatic rings. The zero-order valence-electron chi connectivity index (χ0n) is 14.3. The van der Waals surface area contributed by atoms with E-state index in [0.717, 1.165) is 17.8 Å². The average molecular weight is 316 g/mol. The van der Waals surface area contributed by atoms with Crippen LogP contribution in [0, 0.1) is 0 Å². The van der Waals surface area contributed by atoms with Gasteiger partial charge in [-0.25, -0.2) is 0 Å². The van der Waals surface area contributed by atoms with E-state index in [1.165, 1.54) is 11.4 Å². The summed E-state index contributed by atoms with van der Waals surface area (Å²) in [6.07, 6.45) is 1.10. The smallest absolute Gasteiger partial charge is 0.0414 e. The normalized spacial score (nSPS) is 11.8. The van der Waals surface area contributed by atoms with E-state index in [1.54, 1.807) is 0 Å². The second-order valence-corrected chi connectivity index (χ2v) is 6.00. The number of anilines is 4. The molecule has 0 aromatic heterocycles. The van der Waals surface area contributed by atoms with Crippen molar-refractivity contribution in [3.63, 3.8) is 0 Å². The predicted octanol–water partition coefficient (Wildman–Crippen LogP) is 6.37. The van der Waals surface area contributed by atoms with Crippen LogP contribution in [0.2, 0.25) is 0 Å². The maximum atomic E-state index is 3.43. The molecule has 0 amide bonds. The van der Waals surface area contributed by atoms with Crippen LogP contribution in [0.4, 0.5) is 22.7 Å². The third-order valence-corrected chi connectivity index (χ3v) is 4.27. The zero-order chi connectivity index (χ0) is 16.8. The van der Waals surface area contributed by atoms with Crippen LogP contribution in [0.25, 0.3) is 0 Å². The summed E-state index contributed by atoms with van der Waals surface area (Å²) in [7, 11) is 0. The van der Waals surface area contributed by atoms with Crippen molar-refractivity contribution in [2.75, 3.05) is 10.2 Å². The molecule has 24 heavy (non-hydrogen) atoms. The molecule has 0 saturated heterocycles. The topological polar surface area (TPSA) is 15.3 Å². The number of hydrogen-bond donors (Lipinski definition) is 1. The van der Waals surface area contributed by atoms with Crippen LogP contribution >= 0.6 is 0 Å². The average Bonchev–Trinajstić information content (AvgIpc) is 2.65. The summed E-state index contributed by atoms with van der Waals surface area (Å²) in [4.78, 5) is 2.40. The van der Waals surface area contributed by atoms with E-state index in [0.29, 0.717) is 6.04 Å². The Labute approximate surface area is 144 Å². The molecule has 3 aromatic rings. The van der Waals surface area contributed by atoms with Crippen LogP contribution in [0.1, 0.15) is 20.3 Å². The molecule has 0 saturated carbocycles. The van der Waals surface area contributed by atoms with Crippen molar-refractivity contribution in [3.8, 4) is 0 Å². The van der Waals surface area contributed by atoms with Gasteiger partial charge in [-0.05, 0) is 61.9 Å². The Bertz CT molecular complexity index is 736. The Kier molecular flexibility index (Phi) is 5.17. The molecule has 0 aliphatic carbocycles. The third-order valence-electron chi connectivity index (χ3n) is 4.27. The van der Waals surface area contributed by atoms with Gasteiger partial charge in [0.2, 0.25) is 0 Å². The SMILES string of the molecule is CCC(C)N(c1ccccc1)c1ccc(Nc2ccccc2)cc1. The van der Waals surface area contributed by atoms with Gasteiger partial charge < -0.3 is 10.2 Å². The Hall–Kier alpha value is -2.74. The molecule has 0 aliphatic heterocycles. The molecular formula is C22H24N2. The molecule has 3 aromatic carbocycles. The maximum Gasteiger partial charge on any atom is 0.0414 e. The fourth-order valence-corrected chi connectivity index (χ4v) is 2.82. The van der Waals surface area contributed by atoms with E-state index in [1.807, 2.05) is 18.2 Å². The monoisotopic (exact) mass is 316 g/mol. The highest BCUT2D eigenvalue weighted by atomic mass is 15.2. The van der Waals surface area contributed by atoms with E-state index < -0.39 is 0 Å². The lowest BCUT2D eigenvalue weighted by atomic mass is 10.1. The number of rotatable bonds is 6. The molecule has 1 atom stereocenters. The fraction of sp³-hybridized carbons (Fsp3) is 0.182. The molecule has 2 nitrogen and oxygen atoms in total. The van der Waals surface area contributed by atoms with E-state index in [4.69, 9.17) is 0 Å². The highest BCUT2D eigenvalue weighted by Crippen LogP contribution is 2.30. The summed E-state index contributed by atoms with van der Waals surface area (Å²) in [6.45, 7) is 4.50. The summed E-state index contributed by atoms with van der Waals surface area (Å²) in [5.41, 5.74) is 4.65. The molecule has 0 heterocycles. The number of benzene rings is 3.